The summed E-state index contributed by atoms with van der Waals surface area (Å²) in [5, 5.41) is 2.60. The molecule has 1 atom stereocenters. The van der Waals surface area contributed by atoms with Crippen LogP contribution in [0.25, 0.3) is 0 Å². The van der Waals surface area contributed by atoms with E-state index in [0.29, 0.717) is 11.5 Å². The normalized spacial score (nSPS) is 11.7. The highest BCUT2D eigenvalue weighted by molar-refractivity contribution is 5.85. The van der Waals surface area contributed by atoms with Crippen LogP contribution in [0.4, 0.5) is 0 Å². The van der Waals surface area contributed by atoms with E-state index in [1.54, 1.807) is 31.4 Å². The van der Waals surface area contributed by atoms with Gasteiger partial charge >= 0.3 is 5.97 Å². The third-order valence-electron chi connectivity index (χ3n) is 2.87. The molecule has 0 fully saturated rings. The first kappa shape index (κ1) is 16.8. The van der Waals surface area contributed by atoms with Gasteiger partial charge in [-0.15, -0.1) is 0 Å². The van der Waals surface area contributed by atoms with Crippen LogP contribution in [0.15, 0.2) is 24.3 Å². The minimum absolute atomic E-state index is 0.0672. The van der Waals surface area contributed by atoms with E-state index >= 15 is 0 Å². The number of methoxy groups -OCH3 is 2. The van der Waals surface area contributed by atoms with Crippen molar-refractivity contribution in [2.45, 2.75) is 19.9 Å². The van der Waals surface area contributed by atoms with Crippen molar-refractivity contribution in [1.29, 1.82) is 0 Å². The highest BCUT2D eigenvalue weighted by Crippen LogP contribution is 2.16. The first-order valence-electron chi connectivity index (χ1n) is 6.62. The number of esters is 1. The third kappa shape index (κ3) is 5.33. The van der Waals surface area contributed by atoms with Gasteiger partial charge in [-0.1, -0.05) is 13.8 Å². The average Bonchev–Trinajstić information content (AvgIpc) is 2.50. The minimum atomic E-state index is -0.679. The molecule has 0 heterocycles. The second-order valence-electron chi connectivity index (χ2n) is 4.78. The number of rotatable bonds is 7. The molecular weight excluding hydrogens is 274 g/mol. The van der Waals surface area contributed by atoms with Crippen molar-refractivity contribution < 1.29 is 23.8 Å². The molecule has 6 heteroatoms. The summed E-state index contributed by atoms with van der Waals surface area (Å²) >= 11 is 0. The number of hydrogen-bond acceptors (Lipinski definition) is 5. The maximum atomic E-state index is 11.8. The van der Waals surface area contributed by atoms with E-state index in [4.69, 9.17) is 9.47 Å². The van der Waals surface area contributed by atoms with Crippen LogP contribution in [-0.2, 0) is 14.3 Å². The van der Waals surface area contributed by atoms with Crippen LogP contribution >= 0.6 is 0 Å². The van der Waals surface area contributed by atoms with Gasteiger partial charge in [0.2, 0.25) is 0 Å². The van der Waals surface area contributed by atoms with E-state index in [2.05, 4.69) is 10.1 Å². The largest absolute Gasteiger partial charge is 0.497 e. The van der Waals surface area contributed by atoms with Gasteiger partial charge in [-0.05, 0) is 30.2 Å². The van der Waals surface area contributed by atoms with Crippen LogP contribution in [-0.4, -0.2) is 38.7 Å². The topological polar surface area (TPSA) is 73.9 Å². The summed E-state index contributed by atoms with van der Waals surface area (Å²) in [6.45, 7) is 3.48. The zero-order chi connectivity index (χ0) is 15.8. The number of benzene rings is 1. The first-order chi connectivity index (χ1) is 9.97. The number of ether oxygens (including phenoxy) is 3. The van der Waals surface area contributed by atoms with Crippen LogP contribution in [0.5, 0.6) is 11.5 Å². The van der Waals surface area contributed by atoms with Crippen LogP contribution in [0, 0.1) is 5.92 Å². The Balaban J connectivity index is 2.50. The number of nitrogens with one attached hydrogen (secondary N) is 1. The molecule has 1 amide bonds. The van der Waals surface area contributed by atoms with E-state index in [0.717, 1.165) is 0 Å². The predicted molar refractivity (Wildman–Crippen MR) is 77.3 cm³/mol. The molecule has 0 bridgehead atoms. The molecular formula is C15H21NO5. The Hall–Kier alpha value is -2.24. The lowest BCUT2D eigenvalue weighted by molar-refractivity contribution is -0.146. The first-order valence-corrected chi connectivity index (χ1v) is 6.62. The maximum absolute atomic E-state index is 11.8. The minimum Gasteiger partial charge on any atom is -0.497 e. The van der Waals surface area contributed by atoms with Gasteiger partial charge in [-0.2, -0.15) is 0 Å². The maximum Gasteiger partial charge on any atom is 0.328 e. The molecule has 0 aromatic heterocycles. The fraction of sp³-hybridized carbons (Fsp3) is 0.467. The van der Waals surface area contributed by atoms with Crippen molar-refractivity contribution in [3.8, 4) is 11.5 Å². The molecule has 0 saturated heterocycles. The fourth-order valence-electron chi connectivity index (χ4n) is 1.66. The summed E-state index contributed by atoms with van der Waals surface area (Å²) in [6, 6.07) is 6.19. The Morgan fingerprint density at radius 2 is 1.67 bits per heavy atom. The second-order valence-corrected chi connectivity index (χ2v) is 4.78. The molecule has 21 heavy (non-hydrogen) atoms. The summed E-state index contributed by atoms with van der Waals surface area (Å²) in [5.41, 5.74) is 0. The molecule has 116 valence electrons. The van der Waals surface area contributed by atoms with Gasteiger partial charge in [0.05, 0.1) is 14.2 Å². The summed E-state index contributed by atoms with van der Waals surface area (Å²) < 4.78 is 15.0. The van der Waals surface area contributed by atoms with Gasteiger partial charge in [-0.25, -0.2) is 4.79 Å². The van der Waals surface area contributed by atoms with Gasteiger partial charge in [0, 0.05) is 0 Å². The second kappa shape index (κ2) is 8.14. The lowest BCUT2D eigenvalue weighted by Gasteiger charge is -2.19. The smallest absolute Gasteiger partial charge is 0.328 e. The molecule has 0 saturated carbocycles. The van der Waals surface area contributed by atoms with E-state index in [9.17, 15) is 9.59 Å². The highest BCUT2D eigenvalue weighted by atomic mass is 16.5. The number of carbonyl (C=O) groups is 2. The molecule has 0 radical (unpaired) electrons. The third-order valence-corrected chi connectivity index (χ3v) is 2.87. The van der Waals surface area contributed by atoms with E-state index in [-0.39, 0.29) is 18.4 Å². The van der Waals surface area contributed by atoms with Crippen molar-refractivity contribution in [2.75, 3.05) is 20.8 Å². The van der Waals surface area contributed by atoms with Crippen LogP contribution < -0.4 is 14.8 Å². The van der Waals surface area contributed by atoms with Crippen molar-refractivity contribution in [1.82, 2.24) is 5.32 Å². The number of amides is 1. The summed E-state index contributed by atoms with van der Waals surface area (Å²) in [7, 11) is 2.86. The Bertz CT molecular complexity index is 469. The molecule has 0 aliphatic carbocycles. The quantitative estimate of drug-likeness (QED) is 0.769. The van der Waals surface area contributed by atoms with Crippen molar-refractivity contribution in [2.24, 2.45) is 5.92 Å². The van der Waals surface area contributed by atoms with E-state index < -0.39 is 12.0 Å². The summed E-state index contributed by atoms with van der Waals surface area (Å²) in [5.74, 6) is 0.336. The van der Waals surface area contributed by atoms with Gasteiger partial charge in [0.15, 0.2) is 6.61 Å². The van der Waals surface area contributed by atoms with Crippen LogP contribution in [0.1, 0.15) is 13.8 Å². The van der Waals surface area contributed by atoms with Gasteiger partial charge in [-0.3, -0.25) is 4.79 Å². The SMILES string of the molecule is COC(=O)C(NC(=O)COc1ccc(OC)cc1)C(C)C. The molecule has 6 nitrogen and oxygen atoms in total. The lowest BCUT2D eigenvalue weighted by Crippen LogP contribution is -2.46. The summed E-state index contributed by atoms with van der Waals surface area (Å²) in [6.07, 6.45) is 0. The van der Waals surface area contributed by atoms with E-state index in [1.165, 1.54) is 7.11 Å². The Kier molecular flexibility index (Phi) is 6.52. The fourth-order valence-corrected chi connectivity index (χ4v) is 1.66. The summed E-state index contributed by atoms with van der Waals surface area (Å²) in [4.78, 5) is 23.3. The number of hydrogen-bond donors (Lipinski definition) is 1. The van der Waals surface area contributed by atoms with E-state index in [1.807, 2.05) is 13.8 Å². The highest BCUT2D eigenvalue weighted by Gasteiger charge is 2.24. The molecule has 0 aliphatic rings. The van der Waals surface area contributed by atoms with Crippen molar-refractivity contribution in [3.63, 3.8) is 0 Å². The zero-order valence-electron chi connectivity index (χ0n) is 12.7. The van der Waals surface area contributed by atoms with Crippen molar-refractivity contribution in [3.05, 3.63) is 24.3 Å². The van der Waals surface area contributed by atoms with Gasteiger partial charge in [0.25, 0.3) is 5.91 Å². The monoisotopic (exact) mass is 295 g/mol. The van der Waals surface area contributed by atoms with Crippen LogP contribution in [0.2, 0.25) is 0 Å². The van der Waals surface area contributed by atoms with Crippen molar-refractivity contribution >= 4 is 11.9 Å². The molecule has 1 rings (SSSR count). The molecule has 1 unspecified atom stereocenters. The van der Waals surface area contributed by atoms with Gasteiger partial charge in [0.1, 0.15) is 17.5 Å². The molecule has 0 aliphatic heterocycles. The van der Waals surface area contributed by atoms with Crippen LogP contribution in [0.3, 0.4) is 0 Å². The Morgan fingerprint density at radius 1 is 1.10 bits per heavy atom. The Morgan fingerprint density at radius 3 is 2.14 bits per heavy atom. The lowest BCUT2D eigenvalue weighted by atomic mass is 10.0. The molecule has 1 aromatic rings. The van der Waals surface area contributed by atoms with Gasteiger partial charge < -0.3 is 19.5 Å². The molecule has 1 N–H and O–H groups in total. The predicted octanol–water partition coefficient (Wildman–Crippen LogP) is 1.39. The molecule has 1 aromatic carbocycles. The standard InChI is InChI=1S/C15H21NO5/c1-10(2)14(15(18)20-4)16-13(17)9-21-12-7-5-11(19-3)6-8-12/h5-8,10,14H,9H2,1-4H3,(H,16,17). The zero-order valence-corrected chi connectivity index (χ0v) is 12.7. The average molecular weight is 295 g/mol. The Labute approximate surface area is 124 Å². The molecule has 0 spiro atoms. The number of carbonyl (C=O) groups excluding carboxylic acids is 2.